The molecule has 3 heteroatoms. The van der Waals surface area contributed by atoms with Gasteiger partial charge >= 0.3 is 5.97 Å². The van der Waals surface area contributed by atoms with Crippen LogP contribution >= 0.6 is 0 Å². The summed E-state index contributed by atoms with van der Waals surface area (Å²) in [5.74, 6) is 0.984. The molecule has 0 heterocycles. The number of rotatable bonds is 6. The van der Waals surface area contributed by atoms with Crippen molar-refractivity contribution >= 4 is 5.97 Å². The minimum atomic E-state index is -0.566. The molecular weight excluding hydrogens is 226 g/mol. The Kier molecular flexibility index (Phi) is 4.31. The average molecular weight is 253 g/mol. The second-order valence-corrected chi connectivity index (χ2v) is 6.54. The summed E-state index contributed by atoms with van der Waals surface area (Å²) < 4.78 is 0. The largest absolute Gasteiger partial charge is 0.481 e. The molecule has 0 spiro atoms. The van der Waals surface area contributed by atoms with E-state index in [-0.39, 0.29) is 0 Å². The quantitative estimate of drug-likeness (QED) is 0.791. The van der Waals surface area contributed by atoms with E-state index in [2.05, 4.69) is 18.7 Å². The highest BCUT2D eigenvalue weighted by Gasteiger charge is 2.42. The van der Waals surface area contributed by atoms with Crippen molar-refractivity contribution in [3.63, 3.8) is 0 Å². The van der Waals surface area contributed by atoms with Crippen molar-refractivity contribution in [2.45, 2.75) is 52.4 Å². The molecule has 0 atom stereocenters. The van der Waals surface area contributed by atoms with Gasteiger partial charge in [-0.2, -0.15) is 0 Å². The fraction of sp³-hybridized carbons (Fsp3) is 0.933. The van der Waals surface area contributed by atoms with Gasteiger partial charge in [0.25, 0.3) is 0 Å². The Morgan fingerprint density at radius 1 is 1.28 bits per heavy atom. The number of carboxylic acids is 1. The van der Waals surface area contributed by atoms with Crippen molar-refractivity contribution in [3.8, 4) is 0 Å². The Balaban J connectivity index is 1.97. The van der Waals surface area contributed by atoms with E-state index in [9.17, 15) is 9.90 Å². The lowest BCUT2D eigenvalue weighted by molar-refractivity contribution is -0.153. The van der Waals surface area contributed by atoms with Crippen molar-refractivity contribution in [1.29, 1.82) is 0 Å². The van der Waals surface area contributed by atoms with Gasteiger partial charge in [-0.1, -0.05) is 13.8 Å². The smallest absolute Gasteiger partial charge is 0.310 e. The summed E-state index contributed by atoms with van der Waals surface area (Å²) in [5.41, 5.74) is -0.461. The fourth-order valence-electron chi connectivity index (χ4n) is 3.15. The standard InChI is InChI=1S/C15H27NO2/c1-3-16(10-13-4-5-13)11-15(14(17)18)8-6-12(2)7-9-15/h12-13H,3-11H2,1-2H3,(H,17,18). The van der Waals surface area contributed by atoms with Gasteiger partial charge in [0.2, 0.25) is 0 Å². The van der Waals surface area contributed by atoms with Crippen LogP contribution in [0.15, 0.2) is 0 Å². The van der Waals surface area contributed by atoms with Gasteiger partial charge < -0.3 is 10.0 Å². The Morgan fingerprint density at radius 3 is 2.33 bits per heavy atom. The minimum Gasteiger partial charge on any atom is -0.481 e. The van der Waals surface area contributed by atoms with E-state index in [4.69, 9.17) is 0 Å². The molecule has 2 aliphatic carbocycles. The van der Waals surface area contributed by atoms with Crippen LogP contribution in [0.4, 0.5) is 0 Å². The van der Waals surface area contributed by atoms with Gasteiger partial charge in [-0.05, 0) is 56.9 Å². The first-order valence-corrected chi connectivity index (χ1v) is 7.51. The average Bonchev–Trinajstić information content (AvgIpc) is 3.15. The first-order valence-electron chi connectivity index (χ1n) is 7.51. The molecule has 0 unspecified atom stereocenters. The zero-order valence-corrected chi connectivity index (χ0v) is 11.8. The van der Waals surface area contributed by atoms with Gasteiger partial charge in [0.15, 0.2) is 0 Å². The molecule has 104 valence electrons. The Hall–Kier alpha value is -0.570. The van der Waals surface area contributed by atoms with Gasteiger partial charge in [-0.3, -0.25) is 4.79 Å². The van der Waals surface area contributed by atoms with Gasteiger partial charge in [0.05, 0.1) is 5.41 Å². The van der Waals surface area contributed by atoms with Crippen LogP contribution in [0, 0.1) is 17.3 Å². The van der Waals surface area contributed by atoms with E-state index >= 15 is 0 Å². The maximum Gasteiger partial charge on any atom is 0.310 e. The monoisotopic (exact) mass is 253 g/mol. The number of hydrogen-bond acceptors (Lipinski definition) is 2. The summed E-state index contributed by atoms with van der Waals surface area (Å²) in [6, 6.07) is 0. The summed E-state index contributed by atoms with van der Waals surface area (Å²) in [4.78, 5) is 14.1. The van der Waals surface area contributed by atoms with E-state index in [1.54, 1.807) is 0 Å². The lowest BCUT2D eigenvalue weighted by Gasteiger charge is -2.39. The molecule has 3 nitrogen and oxygen atoms in total. The van der Waals surface area contributed by atoms with Crippen LogP contribution in [0.25, 0.3) is 0 Å². The fourth-order valence-corrected chi connectivity index (χ4v) is 3.15. The molecule has 0 aliphatic heterocycles. The number of carboxylic acid groups (broad SMARTS) is 1. The summed E-state index contributed by atoms with van der Waals surface area (Å²) in [5, 5.41) is 9.64. The molecule has 0 saturated heterocycles. The van der Waals surface area contributed by atoms with Crippen molar-refractivity contribution in [2.24, 2.45) is 17.3 Å². The first kappa shape index (κ1) is 13.9. The normalized spacial score (nSPS) is 32.7. The molecule has 0 aromatic rings. The van der Waals surface area contributed by atoms with Crippen molar-refractivity contribution < 1.29 is 9.90 Å². The zero-order valence-electron chi connectivity index (χ0n) is 11.8. The highest BCUT2D eigenvalue weighted by Crippen LogP contribution is 2.40. The summed E-state index contributed by atoms with van der Waals surface area (Å²) in [6.07, 6.45) is 6.57. The van der Waals surface area contributed by atoms with Gasteiger partial charge in [-0.25, -0.2) is 0 Å². The second kappa shape index (κ2) is 5.60. The SMILES string of the molecule is CCN(CC1CC1)CC1(C(=O)O)CCC(C)CC1. The van der Waals surface area contributed by atoms with Crippen LogP contribution < -0.4 is 0 Å². The maximum atomic E-state index is 11.7. The van der Waals surface area contributed by atoms with Crippen LogP contribution in [0.2, 0.25) is 0 Å². The van der Waals surface area contributed by atoms with E-state index in [1.807, 2.05) is 0 Å². The molecule has 0 bridgehead atoms. The minimum absolute atomic E-state index is 0.461. The summed E-state index contributed by atoms with van der Waals surface area (Å²) in [6.45, 7) is 7.27. The van der Waals surface area contributed by atoms with Crippen LogP contribution in [-0.2, 0) is 4.79 Å². The molecule has 0 radical (unpaired) electrons. The maximum absolute atomic E-state index is 11.7. The predicted octanol–water partition coefficient (Wildman–Crippen LogP) is 3.00. The lowest BCUT2D eigenvalue weighted by atomic mass is 9.70. The molecule has 0 aromatic heterocycles. The molecule has 18 heavy (non-hydrogen) atoms. The van der Waals surface area contributed by atoms with Crippen molar-refractivity contribution in [1.82, 2.24) is 4.90 Å². The number of hydrogen-bond donors (Lipinski definition) is 1. The van der Waals surface area contributed by atoms with Crippen molar-refractivity contribution in [3.05, 3.63) is 0 Å². The molecule has 2 saturated carbocycles. The number of carbonyl (C=O) groups is 1. The molecule has 0 aromatic carbocycles. The van der Waals surface area contributed by atoms with Gasteiger partial charge in [0, 0.05) is 13.1 Å². The summed E-state index contributed by atoms with van der Waals surface area (Å²) >= 11 is 0. The van der Waals surface area contributed by atoms with Gasteiger partial charge in [-0.15, -0.1) is 0 Å². The number of aliphatic carboxylic acids is 1. The zero-order chi connectivity index (χ0) is 13.2. The third kappa shape index (κ3) is 3.25. The van der Waals surface area contributed by atoms with E-state index in [0.29, 0.717) is 5.92 Å². The van der Waals surface area contributed by atoms with E-state index in [1.165, 1.54) is 12.8 Å². The van der Waals surface area contributed by atoms with Crippen LogP contribution in [0.3, 0.4) is 0 Å². The van der Waals surface area contributed by atoms with E-state index < -0.39 is 11.4 Å². The molecular formula is C15H27NO2. The van der Waals surface area contributed by atoms with Crippen LogP contribution in [0.1, 0.15) is 52.4 Å². The Morgan fingerprint density at radius 2 is 1.89 bits per heavy atom. The molecule has 2 aliphatic rings. The first-order chi connectivity index (χ1) is 8.55. The molecule has 1 N–H and O–H groups in total. The Labute approximate surface area is 111 Å². The van der Waals surface area contributed by atoms with Crippen molar-refractivity contribution in [2.75, 3.05) is 19.6 Å². The third-order valence-corrected chi connectivity index (χ3v) is 4.87. The summed E-state index contributed by atoms with van der Waals surface area (Å²) in [7, 11) is 0. The highest BCUT2D eigenvalue weighted by molar-refractivity contribution is 5.75. The molecule has 0 amide bonds. The van der Waals surface area contributed by atoms with E-state index in [0.717, 1.165) is 51.2 Å². The van der Waals surface area contributed by atoms with Crippen LogP contribution in [-0.4, -0.2) is 35.6 Å². The van der Waals surface area contributed by atoms with Gasteiger partial charge in [0.1, 0.15) is 0 Å². The second-order valence-electron chi connectivity index (χ2n) is 6.54. The predicted molar refractivity (Wildman–Crippen MR) is 72.5 cm³/mol. The van der Waals surface area contributed by atoms with Crippen LogP contribution in [0.5, 0.6) is 0 Å². The highest BCUT2D eigenvalue weighted by atomic mass is 16.4. The number of nitrogens with zero attached hydrogens (tertiary/aromatic N) is 1. The molecule has 2 rings (SSSR count). The lowest BCUT2D eigenvalue weighted by Crippen LogP contribution is -2.45. The Bertz CT molecular complexity index is 291. The molecule has 2 fully saturated rings. The topological polar surface area (TPSA) is 40.5 Å². The third-order valence-electron chi connectivity index (χ3n) is 4.87.